The van der Waals surface area contributed by atoms with Crippen LogP contribution < -0.4 is 0 Å². The lowest BCUT2D eigenvalue weighted by molar-refractivity contribution is -0.123. The third kappa shape index (κ3) is 2.37. The second-order valence-corrected chi connectivity index (χ2v) is 2.20. The van der Waals surface area contributed by atoms with Gasteiger partial charge in [-0.1, -0.05) is 5.16 Å². The average molecular weight is 158 g/mol. The third-order valence-electron chi connectivity index (χ3n) is 1.04. The molecule has 5 heteroatoms. The predicted molar refractivity (Wildman–Crippen MR) is 38.6 cm³/mol. The van der Waals surface area contributed by atoms with E-state index in [0.717, 1.165) is 11.8 Å². The van der Waals surface area contributed by atoms with E-state index in [1.54, 1.807) is 0 Å². The molecule has 0 spiro atoms. The first-order chi connectivity index (χ1) is 5.00. The molecule has 0 aliphatic carbocycles. The smallest absolute Gasteiger partial charge is 0.279 e. The number of rotatable bonds is 2. The van der Waals surface area contributed by atoms with E-state index in [1.165, 1.54) is 14.1 Å². The Balaban J connectivity index is 4.55. The molecule has 0 aromatic heterocycles. The molecule has 0 aliphatic rings. The Hall–Kier alpha value is -1.39. The Kier molecular flexibility index (Phi) is 3.23. The molecule has 0 unspecified atom stereocenters. The van der Waals surface area contributed by atoms with E-state index in [-0.39, 0.29) is 0 Å². The first kappa shape index (κ1) is 9.61. The van der Waals surface area contributed by atoms with Crippen molar-refractivity contribution in [3.05, 3.63) is 0 Å². The lowest BCUT2D eigenvalue weighted by Crippen LogP contribution is -2.33. The SMILES string of the molecule is CC(=O)C(=NO)C(=O)N(C)C. The molecule has 0 bridgehead atoms. The summed E-state index contributed by atoms with van der Waals surface area (Å²) in [5, 5.41) is 10.8. The highest BCUT2D eigenvalue weighted by atomic mass is 16.4. The minimum Gasteiger partial charge on any atom is -0.410 e. The van der Waals surface area contributed by atoms with Crippen LogP contribution in [0.15, 0.2) is 5.16 Å². The molecule has 5 nitrogen and oxygen atoms in total. The van der Waals surface area contributed by atoms with Gasteiger partial charge in [0.15, 0.2) is 5.78 Å². The predicted octanol–water partition coefficient (Wildman–Crippen LogP) is -0.506. The van der Waals surface area contributed by atoms with Gasteiger partial charge in [0.25, 0.3) is 5.91 Å². The van der Waals surface area contributed by atoms with E-state index in [2.05, 4.69) is 5.16 Å². The van der Waals surface area contributed by atoms with Crippen molar-refractivity contribution >= 4 is 17.4 Å². The molecule has 1 amide bonds. The minimum atomic E-state index is -0.597. The molecule has 0 aliphatic heterocycles. The molecule has 0 radical (unpaired) electrons. The van der Waals surface area contributed by atoms with Crippen molar-refractivity contribution in [2.45, 2.75) is 6.92 Å². The molecular formula is C6H10N2O3. The first-order valence-corrected chi connectivity index (χ1v) is 2.95. The molecule has 0 fully saturated rings. The van der Waals surface area contributed by atoms with Crippen LogP contribution in [0.2, 0.25) is 0 Å². The zero-order valence-corrected chi connectivity index (χ0v) is 6.66. The summed E-state index contributed by atoms with van der Waals surface area (Å²) >= 11 is 0. The van der Waals surface area contributed by atoms with E-state index < -0.39 is 17.4 Å². The van der Waals surface area contributed by atoms with Gasteiger partial charge in [-0.3, -0.25) is 9.59 Å². The number of amides is 1. The number of oxime groups is 1. The average Bonchev–Trinajstić information content (AvgIpc) is 1.88. The lowest BCUT2D eigenvalue weighted by atomic mass is 10.2. The highest BCUT2D eigenvalue weighted by Crippen LogP contribution is 1.86. The van der Waals surface area contributed by atoms with Crippen molar-refractivity contribution < 1.29 is 14.8 Å². The zero-order valence-electron chi connectivity index (χ0n) is 6.66. The van der Waals surface area contributed by atoms with Gasteiger partial charge in [0.1, 0.15) is 0 Å². The topological polar surface area (TPSA) is 70.0 Å². The molecule has 0 aromatic rings. The lowest BCUT2D eigenvalue weighted by Gasteiger charge is -2.08. The molecule has 0 aromatic carbocycles. The minimum absolute atomic E-state index is 0.449. The molecule has 0 heterocycles. The number of carbonyl (C=O) groups excluding carboxylic acids is 2. The van der Waals surface area contributed by atoms with Crippen molar-refractivity contribution in [1.82, 2.24) is 4.90 Å². The van der Waals surface area contributed by atoms with Crippen molar-refractivity contribution in [2.24, 2.45) is 5.16 Å². The standard InChI is InChI=1S/C6H10N2O3/c1-4(9)5(7-11)6(10)8(2)3/h11H,1-3H3. The van der Waals surface area contributed by atoms with Crippen LogP contribution in [0.3, 0.4) is 0 Å². The summed E-state index contributed by atoms with van der Waals surface area (Å²) in [5.41, 5.74) is -0.449. The van der Waals surface area contributed by atoms with Gasteiger partial charge in [-0.05, 0) is 0 Å². The summed E-state index contributed by atoms with van der Waals surface area (Å²) in [4.78, 5) is 22.7. The maximum absolute atomic E-state index is 10.9. The van der Waals surface area contributed by atoms with Crippen LogP contribution in [-0.4, -0.2) is 41.6 Å². The van der Waals surface area contributed by atoms with Crippen molar-refractivity contribution in [3.63, 3.8) is 0 Å². The summed E-state index contributed by atoms with van der Waals surface area (Å²) < 4.78 is 0. The van der Waals surface area contributed by atoms with Crippen molar-refractivity contribution in [3.8, 4) is 0 Å². The van der Waals surface area contributed by atoms with Gasteiger partial charge in [-0.25, -0.2) is 0 Å². The van der Waals surface area contributed by atoms with Crippen molar-refractivity contribution in [2.75, 3.05) is 14.1 Å². The van der Waals surface area contributed by atoms with Crippen LogP contribution in [0.25, 0.3) is 0 Å². The normalized spacial score (nSPS) is 11.0. The van der Waals surface area contributed by atoms with Crippen LogP contribution in [0.4, 0.5) is 0 Å². The number of Topliss-reactive ketones (excluding diaryl/α,β-unsaturated/α-hetero) is 1. The summed E-state index contributed by atoms with van der Waals surface area (Å²) in [5.74, 6) is -1.15. The van der Waals surface area contributed by atoms with Crippen LogP contribution in [-0.2, 0) is 9.59 Å². The fourth-order valence-corrected chi connectivity index (χ4v) is 0.476. The highest BCUT2D eigenvalue weighted by molar-refractivity contribution is 6.64. The molecule has 1 N–H and O–H groups in total. The highest BCUT2D eigenvalue weighted by Gasteiger charge is 2.18. The molecular weight excluding hydrogens is 148 g/mol. The summed E-state index contributed by atoms with van der Waals surface area (Å²) in [7, 11) is 2.94. The molecule has 0 rings (SSSR count). The Morgan fingerprint density at radius 3 is 1.91 bits per heavy atom. The van der Waals surface area contributed by atoms with E-state index >= 15 is 0 Å². The van der Waals surface area contributed by atoms with E-state index in [4.69, 9.17) is 5.21 Å². The zero-order chi connectivity index (χ0) is 9.02. The number of carbonyl (C=O) groups is 2. The van der Waals surface area contributed by atoms with Crippen LogP contribution >= 0.6 is 0 Å². The molecule has 0 saturated heterocycles. The van der Waals surface area contributed by atoms with E-state index in [9.17, 15) is 9.59 Å². The van der Waals surface area contributed by atoms with Crippen LogP contribution in [0.5, 0.6) is 0 Å². The number of hydrogen-bond donors (Lipinski definition) is 1. The monoisotopic (exact) mass is 158 g/mol. The largest absolute Gasteiger partial charge is 0.410 e. The maximum Gasteiger partial charge on any atom is 0.279 e. The molecule has 62 valence electrons. The van der Waals surface area contributed by atoms with Gasteiger partial charge in [0.05, 0.1) is 0 Å². The van der Waals surface area contributed by atoms with Gasteiger partial charge in [0.2, 0.25) is 5.71 Å². The Labute approximate surface area is 64.3 Å². The summed E-state index contributed by atoms with van der Waals surface area (Å²) in [6.45, 7) is 1.16. The van der Waals surface area contributed by atoms with Crippen molar-refractivity contribution in [1.29, 1.82) is 0 Å². The molecule has 11 heavy (non-hydrogen) atoms. The fraction of sp³-hybridized carbons (Fsp3) is 0.500. The first-order valence-electron chi connectivity index (χ1n) is 2.95. The Morgan fingerprint density at radius 1 is 1.36 bits per heavy atom. The molecule has 0 atom stereocenters. The van der Waals surface area contributed by atoms with Gasteiger partial charge in [-0.2, -0.15) is 0 Å². The van der Waals surface area contributed by atoms with Gasteiger partial charge in [-0.15, -0.1) is 0 Å². The van der Waals surface area contributed by atoms with Crippen LogP contribution in [0.1, 0.15) is 6.92 Å². The van der Waals surface area contributed by atoms with Crippen LogP contribution in [0, 0.1) is 0 Å². The second kappa shape index (κ2) is 3.70. The number of hydrogen-bond acceptors (Lipinski definition) is 4. The van der Waals surface area contributed by atoms with E-state index in [0.29, 0.717) is 0 Å². The number of nitrogens with zero attached hydrogens (tertiary/aromatic N) is 2. The summed E-state index contributed by atoms with van der Waals surface area (Å²) in [6.07, 6.45) is 0. The van der Waals surface area contributed by atoms with Gasteiger partial charge < -0.3 is 10.1 Å². The quantitative estimate of drug-likeness (QED) is 0.255. The second-order valence-electron chi connectivity index (χ2n) is 2.20. The maximum atomic E-state index is 10.9. The fourth-order valence-electron chi connectivity index (χ4n) is 0.476. The Morgan fingerprint density at radius 2 is 1.82 bits per heavy atom. The summed E-state index contributed by atoms with van der Waals surface area (Å²) in [6, 6.07) is 0. The third-order valence-corrected chi connectivity index (χ3v) is 1.04. The number of ketones is 1. The van der Waals surface area contributed by atoms with E-state index in [1.807, 2.05) is 0 Å². The Bertz CT molecular complexity index is 208. The van der Waals surface area contributed by atoms with Gasteiger partial charge >= 0.3 is 0 Å². The molecule has 0 saturated carbocycles. The van der Waals surface area contributed by atoms with Gasteiger partial charge in [0, 0.05) is 21.0 Å².